The van der Waals surface area contributed by atoms with Crippen LogP contribution in [0.4, 0.5) is 11.4 Å². The van der Waals surface area contributed by atoms with Crippen LogP contribution >= 0.6 is 21.6 Å². The van der Waals surface area contributed by atoms with Gasteiger partial charge in [-0.05, 0) is 24.3 Å². The van der Waals surface area contributed by atoms with Gasteiger partial charge in [0.05, 0.1) is 9.85 Å². The highest BCUT2D eigenvalue weighted by molar-refractivity contribution is 8.76. The molecule has 0 atom stereocenters. The number of benzene rings is 2. The zero-order chi connectivity index (χ0) is 19.3. The molecule has 0 unspecified atom stereocenters. The van der Waals surface area contributed by atoms with Crippen molar-refractivity contribution >= 4 is 45.4 Å². The minimum Gasteiger partial charge on any atom is -0.477 e. The fourth-order valence-corrected chi connectivity index (χ4v) is 3.79. The van der Waals surface area contributed by atoms with E-state index in [1.54, 1.807) is 0 Å². The minimum atomic E-state index is -1.41. The molecule has 0 saturated carbocycles. The molecule has 2 aromatic carbocycles. The van der Waals surface area contributed by atoms with E-state index in [0.29, 0.717) is 9.79 Å². The van der Waals surface area contributed by atoms with E-state index in [0.717, 1.165) is 33.7 Å². The number of carbonyl (C=O) groups is 2. The summed E-state index contributed by atoms with van der Waals surface area (Å²) < 4.78 is 4.52. The summed E-state index contributed by atoms with van der Waals surface area (Å²) >= 11 is 0. The fraction of sp³-hybridized carbons (Fsp3) is 0. The van der Waals surface area contributed by atoms with Gasteiger partial charge in [-0.1, -0.05) is 21.6 Å². The van der Waals surface area contributed by atoms with Crippen LogP contribution < -0.4 is 4.74 Å². The number of carboxylic acid groups (broad SMARTS) is 1. The van der Waals surface area contributed by atoms with Crippen molar-refractivity contribution in [3.05, 3.63) is 62.2 Å². The number of nitrogens with zero attached hydrogens (tertiary/aromatic N) is 2. The summed E-state index contributed by atoms with van der Waals surface area (Å²) in [6.45, 7) is 0.0764. The summed E-state index contributed by atoms with van der Waals surface area (Å²) in [6, 6.07) is 7.55. The predicted octanol–water partition coefficient (Wildman–Crippen LogP) is 3.54. The molecule has 12 heteroatoms. The quantitative estimate of drug-likeness (QED) is 0.304. The number of nitro groups is 2. The normalized spacial score (nSPS) is 10.2. The molecule has 0 aliphatic heterocycles. The summed E-state index contributed by atoms with van der Waals surface area (Å²) in [4.78, 5) is 42.7. The highest BCUT2D eigenvalue weighted by Crippen LogP contribution is 2.41. The zero-order valence-corrected chi connectivity index (χ0v) is 14.2. The third-order valence-corrected chi connectivity index (χ3v) is 5.31. The van der Waals surface area contributed by atoms with E-state index in [9.17, 15) is 29.8 Å². The molecule has 10 nitrogen and oxygen atoms in total. The fourth-order valence-electron chi connectivity index (χ4n) is 1.83. The van der Waals surface area contributed by atoms with Crippen LogP contribution in [0.5, 0.6) is 5.75 Å². The number of rotatable bonds is 8. The topological polar surface area (TPSA) is 150 Å². The molecule has 0 saturated heterocycles. The van der Waals surface area contributed by atoms with Gasteiger partial charge in [-0.25, -0.2) is 4.79 Å². The molecule has 0 fully saturated rings. The van der Waals surface area contributed by atoms with Gasteiger partial charge in [-0.3, -0.25) is 25.0 Å². The van der Waals surface area contributed by atoms with E-state index in [4.69, 9.17) is 5.11 Å². The monoisotopic (exact) mass is 396 g/mol. The van der Waals surface area contributed by atoms with Crippen molar-refractivity contribution in [3.63, 3.8) is 0 Å². The average Bonchev–Trinajstić information content (AvgIpc) is 2.60. The Kier molecular flexibility index (Phi) is 6.14. The second-order valence-electron chi connectivity index (χ2n) is 4.51. The maximum Gasteiger partial charge on any atom is 0.342 e. The molecule has 1 N–H and O–H groups in total. The van der Waals surface area contributed by atoms with Gasteiger partial charge in [0, 0.05) is 21.9 Å². The van der Waals surface area contributed by atoms with Gasteiger partial charge in [0.15, 0.2) is 0 Å². The third kappa shape index (κ3) is 4.49. The molecule has 0 aromatic heterocycles. The van der Waals surface area contributed by atoms with Crippen LogP contribution in [0, 0.1) is 20.2 Å². The highest BCUT2D eigenvalue weighted by Gasteiger charge is 2.21. The summed E-state index contributed by atoms with van der Waals surface area (Å²) in [7, 11) is 2.12. The van der Waals surface area contributed by atoms with Gasteiger partial charge < -0.3 is 9.84 Å². The Bertz CT molecular complexity index is 903. The first-order chi connectivity index (χ1) is 12.3. The van der Waals surface area contributed by atoms with Gasteiger partial charge >= 0.3 is 11.7 Å². The van der Waals surface area contributed by atoms with Crippen LogP contribution in [0.1, 0.15) is 10.4 Å². The van der Waals surface area contributed by atoms with E-state index in [1.165, 1.54) is 24.3 Å². The number of hydrogen-bond donors (Lipinski definition) is 1. The molecule has 0 aliphatic rings. The second kappa shape index (κ2) is 8.31. The lowest BCUT2D eigenvalue weighted by molar-refractivity contribution is -0.385. The molecule has 26 heavy (non-hydrogen) atoms. The molecule has 2 rings (SSSR count). The minimum absolute atomic E-state index is 0.0764. The largest absolute Gasteiger partial charge is 0.477 e. The van der Waals surface area contributed by atoms with Crippen LogP contribution in [-0.4, -0.2) is 27.4 Å². The van der Waals surface area contributed by atoms with Gasteiger partial charge in [0.2, 0.25) is 5.75 Å². The number of carbonyl (C=O) groups excluding carboxylic acids is 1. The van der Waals surface area contributed by atoms with E-state index in [2.05, 4.69) is 4.74 Å². The molecule has 2 aromatic rings. The molecule has 0 amide bonds. The maximum absolute atomic E-state index is 11.0. The van der Waals surface area contributed by atoms with Crippen molar-refractivity contribution in [1.29, 1.82) is 0 Å². The first-order valence-electron chi connectivity index (χ1n) is 6.58. The van der Waals surface area contributed by atoms with Crippen LogP contribution in [0.3, 0.4) is 0 Å². The Labute approximate surface area is 152 Å². The number of aromatic carboxylic acids is 1. The lowest BCUT2D eigenvalue weighted by Crippen LogP contribution is -2.02. The van der Waals surface area contributed by atoms with E-state index in [-0.39, 0.29) is 12.2 Å². The van der Waals surface area contributed by atoms with Crippen molar-refractivity contribution in [3.8, 4) is 5.75 Å². The maximum atomic E-state index is 11.0. The van der Waals surface area contributed by atoms with Crippen molar-refractivity contribution in [1.82, 2.24) is 0 Å². The summed E-state index contributed by atoms with van der Waals surface area (Å²) in [5.41, 5.74) is -1.39. The highest BCUT2D eigenvalue weighted by atomic mass is 33.1. The second-order valence-corrected chi connectivity index (χ2v) is 6.78. The Morgan fingerprint density at radius 3 is 2.04 bits per heavy atom. The summed E-state index contributed by atoms with van der Waals surface area (Å²) in [5.74, 6) is -1.62. The van der Waals surface area contributed by atoms with Crippen molar-refractivity contribution in [2.75, 3.05) is 0 Å². The first kappa shape index (κ1) is 19.2. The molecule has 0 bridgehead atoms. The number of ether oxygens (including phenoxy) is 1. The van der Waals surface area contributed by atoms with Crippen LogP contribution in [0.15, 0.2) is 46.2 Å². The van der Waals surface area contributed by atoms with E-state index < -0.39 is 32.8 Å². The van der Waals surface area contributed by atoms with Crippen molar-refractivity contribution in [2.45, 2.75) is 9.79 Å². The Hall–Kier alpha value is -3.12. The third-order valence-electron chi connectivity index (χ3n) is 2.93. The van der Waals surface area contributed by atoms with Gasteiger partial charge in [-0.15, -0.1) is 0 Å². The van der Waals surface area contributed by atoms with Gasteiger partial charge in [0.1, 0.15) is 5.56 Å². The van der Waals surface area contributed by atoms with Crippen molar-refractivity contribution < 1.29 is 29.3 Å². The molecule has 0 aliphatic carbocycles. The van der Waals surface area contributed by atoms with Crippen LogP contribution in [-0.2, 0) is 4.79 Å². The molecular weight excluding hydrogens is 388 g/mol. The van der Waals surface area contributed by atoms with Crippen molar-refractivity contribution in [2.24, 2.45) is 0 Å². The predicted molar refractivity (Wildman–Crippen MR) is 91.6 cm³/mol. The lowest BCUT2D eigenvalue weighted by atomic mass is 10.2. The van der Waals surface area contributed by atoms with Gasteiger partial charge in [0.25, 0.3) is 12.2 Å². The smallest absolute Gasteiger partial charge is 0.342 e. The first-order valence-corrected chi connectivity index (χ1v) is 8.73. The molecule has 134 valence electrons. The van der Waals surface area contributed by atoms with Gasteiger partial charge in [-0.2, -0.15) is 0 Å². The van der Waals surface area contributed by atoms with Crippen LogP contribution in [0.25, 0.3) is 0 Å². The van der Waals surface area contributed by atoms with Crippen LogP contribution in [0.2, 0.25) is 0 Å². The SMILES string of the molecule is O=COc1ccc(SSc2ccc(C(=O)O)c([N+](=O)[O-])c2)cc1[N+](=O)[O-]. The Balaban J connectivity index is 2.23. The number of nitro benzene ring substituents is 2. The molecule has 0 spiro atoms. The Morgan fingerprint density at radius 1 is 1.00 bits per heavy atom. The lowest BCUT2D eigenvalue weighted by Gasteiger charge is -2.05. The van der Waals surface area contributed by atoms with E-state index in [1.807, 2.05) is 0 Å². The van der Waals surface area contributed by atoms with E-state index >= 15 is 0 Å². The molecule has 0 heterocycles. The zero-order valence-electron chi connectivity index (χ0n) is 12.6. The summed E-state index contributed by atoms with van der Waals surface area (Å²) in [6.07, 6.45) is 0. The number of hydrogen-bond acceptors (Lipinski definition) is 9. The number of carboxylic acids is 1. The molecule has 0 radical (unpaired) electrons. The summed E-state index contributed by atoms with van der Waals surface area (Å²) in [5, 5.41) is 30.9. The standard InChI is InChI=1S/C14H8N2O8S2/c17-7-24-13-4-2-9(6-12(13)16(22)23)26-25-8-1-3-10(14(18)19)11(5-8)15(20)21/h1-7H,(H,18,19). The average molecular weight is 396 g/mol. The Morgan fingerprint density at radius 2 is 1.54 bits per heavy atom. The molecular formula is C14H8N2O8S2.